The van der Waals surface area contributed by atoms with E-state index in [0.717, 1.165) is 24.8 Å². The third-order valence-corrected chi connectivity index (χ3v) is 6.84. The Kier molecular flexibility index (Phi) is 6.99. The van der Waals surface area contributed by atoms with Crippen LogP contribution in [0.25, 0.3) is 0 Å². The Morgan fingerprint density at radius 1 is 1.00 bits per heavy atom. The fourth-order valence-corrected chi connectivity index (χ4v) is 4.81. The zero-order chi connectivity index (χ0) is 21.7. The first-order chi connectivity index (χ1) is 14.4. The quantitative estimate of drug-likeness (QED) is 0.725. The molecule has 30 heavy (non-hydrogen) atoms. The number of benzene rings is 2. The van der Waals surface area contributed by atoms with Gasteiger partial charge in [0.05, 0.1) is 24.7 Å². The number of likely N-dealkylation sites (tertiary alicyclic amines) is 1. The Morgan fingerprint density at radius 3 is 2.27 bits per heavy atom. The van der Waals surface area contributed by atoms with Crippen molar-refractivity contribution in [2.24, 2.45) is 0 Å². The number of amides is 1. The summed E-state index contributed by atoms with van der Waals surface area (Å²) in [5, 5.41) is 0. The van der Waals surface area contributed by atoms with Crippen LogP contribution < -0.4 is 14.2 Å². The molecule has 7 nitrogen and oxygen atoms in total. The van der Waals surface area contributed by atoms with Crippen LogP contribution in [0.4, 0.5) is 0 Å². The molecule has 0 spiro atoms. The Balaban J connectivity index is 1.84. The minimum atomic E-state index is -3.84. The number of nitrogens with one attached hydrogen (secondary N) is 1. The second-order valence-electron chi connectivity index (χ2n) is 7.33. The van der Waals surface area contributed by atoms with Gasteiger partial charge in [-0.2, -0.15) is 0 Å². The van der Waals surface area contributed by atoms with Gasteiger partial charge in [0.1, 0.15) is 11.5 Å². The van der Waals surface area contributed by atoms with Crippen LogP contribution in [0.2, 0.25) is 0 Å². The van der Waals surface area contributed by atoms with Gasteiger partial charge in [-0.15, -0.1) is 0 Å². The normalized spacial score (nSPS) is 15.5. The molecule has 1 atom stereocenters. The van der Waals surface area contributed by atoms with Crippen LogP contribution >= 0.6 is 0 Å². The first-order valence-electron chi connectivity index (χ1n) is 9.99. The molecule has 1 amide bonds. The lowest BCUT2D eigenvalue weighted by molar-refractivity contribution is 0.0720. The van der Waals surface area contributed by atoms with Crippen LogP contribution in [0.3, 0.4) is 0 Å². The van der Waals surface area contributed by atoms with Crippen molar-refractivity contribution in [1.82, 2.24) is 9.62 Å². The van der Waals surface area contributed by atoms with Gasteiger partial charge in [-0.05, 0) is 62.1 Å². The number of methoxy groups -OCH3 is 2. The van der Waals surface area contributed by atoms with Crippen LogP contribution in [-0.2, 0) is 10.0 Å². The van der Waals surface area contributed by atoms with Gasteiger partial charge in [-0.25, -0.2) is 13.1 Å². The Morgan fingerprint density at radius 2 is 1.67 bits per heavy atom. The van der Waals surface area contributed by atoms with E-state index in [4.69, 9.17) is 9.47 Å². The Bertz CT molecular complexity index is 983. The summed E-state index contributed by atoms with van der Waals surface area (Å²) >= 11 is 0. The largest absolute Gasteiger partial charge is 0.497 e. The minimum absolute atomic E-state index is 0.0315. The van der Waals surface area contributed by atoms with Crippen molar-refractivity contribution in [3.8, 4) is 11.5 Å². The molecule has 1 saturated heterocycles. The monoisotopic (exact) mass is 432 g/mol. The molecule has 0 unspecified atom stereocenters. The molecule has 2 aromatic carbocycles. The average molecular weight is 433 g/mol. The van der Waals surface area contributed by atoms with Crippen LogP contribution in [0.5, 0.6) is 11.5 Å². The summed E-state index contributed by atoms with van der Waals surface area (Å²) in [6.45, 7) is 3.11. The van der Waals surface area contributed by atoms with Gasteiger partial charge in [-0.1, -0.05) is 12.1 Å². The Labute approximate surface area is 178 Å². The van der Waals surface area contributed by atoms with E-state index < -0.39 is 16.1 Å². The highest BCUT2D eigenvalue weighted by atomic mass is 32.2. The molecule has 1 N–H and O–H groups in total. The topological polar surface area (TPSA) is 84.9 Å². The molecular formula is C22H28N2O5S. The van der Waals surface area contributed by atoms with Crippen molar-refractivity contribution >= 4 is 15.9 Å². The predicted octanol–water partition coefficient (Wildman–Crippen LogP) is 3.37. The minimum Gasteiger partial charge on any atom is -0.497 e. The first kappa shape index (κ1) is 22.1. The van der Waals surface area contributed by atoms with Gasteiger partial charge in [-0.3, -0.25) is 4.79 Å². The predicted molar refractivity (Wildman–Crippen MR) is 114 cm³/mol. The van der Waals surface area contributed by atoms with Crippen LogP contribution in [-0.4, -0.2) is 46.5 Å². The average Bonchev–Trinajstić information content (AvgIpc) is 2.78. The van der Waals surface area contributed by atoms with Crippen LogP contribution in [0.15, 0.2) is 47.4 Å². The second-order valence-corrected chi connectivity index (χ2v) is 9.05. The van der Waals surface area contributed by atoms with Crippen molar-refractivity contribution < 1.29 is 22.7 Å². The third-order valence-electron chi connectivity index (χ3n) is 5.30. The molecule has 0 radical (unpaired) electrons. The van der Waals surface area contributed by atoms with Gasteiger partial charge in [0.25, 0.3) is 5.91 Å². The van der Waals surface area contributed by atoms with Crippen molar-refractivity contribution in [3.05, 3.63) is 53.6 Å². The highest BCUT2D eigenvalue weighted by Gasteiger charge is 2.25. The van der Waals surface area contributed by atoms with Gasteiger partial charge in [0, 0.05) is 19.1 Å². The standard InChI is InChI=1S/C22H28N2O5S/c1-16(17-7-9-18(28-2)10-8-17)23-30(26,27)19-11-12-21(29-3)20(15-19)22(25)24-13-5-4-6-14-24/h7-12,15-16,23H,4-6,13-14H2,1-3H3/t16-/m0/s1. The van der Waals surface area contributed by atoms with E-state index in [1.807, 2.05) is 12.1 Å². The zero-order valence-corrected chi connectivity index (χ0v) is 18.4. The SMILES string of the molecule is COc1ccc([C@H](C)NS(=O)(=O)c2ccc(OC)c(C(=O)N3CCCCC3)c2)cc1. The number of hydrogen-bond donors (Lipinski definition) is 1. The van der Waals surface area contributed by atoms with Crippen molar-refractivity contribution in [2.45, 2.75) is 37.1 Å². The molecule has 0 saturated carbocycles. The molecular weight excluding hydrogens is 404 g/mol. The van der Waals surface area contributed by atoms with E-state index in [-0.39, 0.29) is 16.4 Å². The van der Waals surface area contributed by atoms with Crippen molar-refractivity contribution in [3.63, 3.8) is 0 Å². The van der Waals surface area contributed by atoms with E-state index in [1.54, 1.807) is 31.1 Å². The number of nitrogens with zero attached hydrogens (tertiary/aromatic N) is 1. The van der Waals surface area contributed by atoms with Crippen molar-refractivity contribution in [2.75, 3.05) is 27.3 Å². The molecule has 1 aliphatic heterocycles. The summed E-state index contributed by atoms with van der Waals surface area (Å²) in [5.41, 5.74) is 1.07. The van der Waals surface area contributed by atoms with Gasteiger partial charge in [0.15, 0.2) is 0 Å². The molecule has 2 aromatic rings. The van der Waals surface area contributed by atoms with E-state index in [2.05, 4.69) is 4.72 Å². The lowest BCUT2D eigenvalue weighted by Gasteiger charge is -2.27. The smallest absolute Gasteiger partial charge is 0.257 e. The number of hydrogen-bond acceptors (Lipinski definition) is 5. The number of ether oxygens (including phenoxy) is 2. The second kappa shape index (κ2) is 9.49. The number of sulfonamides is 1. The summed E-state index contributed by atoms with van der Waals surface area (Å²) in [4.78, 5) is 14.8. The lowest BCUT2D eigenvalue weighted by Crippen LogP contribution is -2.36. The summed E-state index contributed by atoms with van der Waals surface area (Å²) in [6.07, 6.45) is 3.00. The van der Waals surface area contributed by atoms with E-state index in [9.17, 15) is 13.2 Å². The van der Waals surface area contributed by atoms with Crippen LogP contribution in [0.1, 0.15) is 48.1 Å². The van der Waals surface area contributed by atoms with Crippen LogP contribution in [0, 0.1) is 0 Å². The molecule has 8 heteroatoms. The summed E-state index contributed by atoms with van der Waals surface area (Å²) < 4.78 is 39.1. The summed E-state index contributed by atoms with van der Waals surface area (Å²) in [7, 11) is -0.793. The summed E-state index contributed by atoms with van der Waals surface area (Å²) in [5.74, 6) is 0.865. The van der Waals surface area contributed by atoms with E-state index in [0.29, 0.717) is 24.6 Å². The molecule has 1 aliphatic rings. The maximum absolute atomic E-state index is 13.0. The van der Waals surface area contributed by atoms with E-state index >= 15 is 0 Å². The molecule has 0 aromatic heterocycles. The highest BCUT2D eigenvalue weighted by Crippen LogP contribution is 2.26. The maximum Gasteiger partial charge on any atom is 0.257 e. The molecule has 3 rings (SSSR count). The molecule has 1 heterocycles. The van der Waals surface area contributed by atoms with Gasteiger partial charge >= 0.3 is 0 Å². The van der Waals surface area contributed by atoms with Crippen molar-refractivity contribution in [1.29, 1.82) is 0 Å². The molecule has 0 aliphatic carbocycles. The number of piperidine rings is 1. The van der Waals surface area contributed by atoms with Gasteiger partial charge < -0.3 is 14.4 Å². The molecule has 0 bridgehead atoms. The highest BCUT2D eigenvalue weighted by molar-refractivity contribution is 7.89. The fraction of sp³-hybridized carbons (Fsp3) is 0.409. The summed E-state index contributed by atoms with van der Waals surface area (Å²) in [6, 6.07) is 11.1. The number of carbonyl (C=O) groups excluding carboxylic acids is 1. The van der Waals surface area contributed by atoms with Gasteiger partial charge in [0.2, 0.25) is 10.0 Å². The Hall–Kier alpha value is -2.58. The number of rotatable bonds is 7. The van der Waals surface area contributed by atoms with E-state index in [1.165, 1.54) is 25.3 Å². The third kappa shape index (κ3) is 4.94. The maximum atomic E-state index is 13.0. The lowest BCUT2D eigenvalue weighted by atomic mass is 10.1. The zero-order valence-electron chi connectivity index (χ0n) is 17.6. The fourth-order valence-electron chi connectivity index (χ4n) is 3.55. The molecule has 1 fully saturated rings. The number of carbonyl (C=O) groups is 1. The first-order valence-corrected chi connectivity index (χ1v) is 11.5. The molecule has 162 valence electrons.